The normalized spacial score (nSPS) is 11.6. The minimum atomic E-state index is -4.42. The first-order valence-electron chi connectivity index (χ1n) is 9.69. The van der Waals surface area contributed by atoms with Gasteiger partial charge >= 0.3 is 12.1 Å². The molecule has 0 aliphatic heterocycles. The lowest BCUT2D eigenvalue weighted by Crippen LogP contribution is -2.06. The van der Waals surface area contributed by atoms with Crippen molar-refractivity contribution in [1.29, 1.82) is 5.26 Å². The Bertz CT molecular complexity index is 1280. The van der Waals surface area contributed by atoms with E-state index in [1.165, 1.54) is 31.1 Å². The Balaban J connectivity index is 1.72. The van der Waals surface area contributed by atoms with Crippen LogP contribution in [-0.4, -0.2) is 18.9 Å². The van der Waals surface area contributed by atoms with Crippen molar-refractivity contribution >= 4 is 40.5 Å². The molecule has 0 radical (unpaired) electrons. The second kappa shape index (κ2) is 11.0. The molecule has 34 heavy (non-hydrogen) atoms. The lowest BCUT2D eigenvalue weighted by molar-refractivity contribution is -0.137. The number of allylic oxidation sites excluding steroid dienone is 1. The number of carbonyl (C=O) groups excluding carboxylic acids is 2. The SMILES string of the molecule is COC(=O)c1sccc1NC=C(C#N)C(=O)c1cccc(CSc2cccc(C(F)(F)F)c2)c1. The maximum Gasteiger partial charge on any atom is 0.416 e. The Morgan fingerprint density at radius 1 is 1.18 bits per heavy atom. The average molecular weight is 503 g/mol. The molecule has 0 aliphatic rings. The number of hydrogen-bond acceptors (Lipinski definition) is 7. The number of halogens is 3. The van der Waals surface area contributed by atoms with Crippen molar-refractivity contribution in [2.24, 2.45) is 0 Å². The third-order valence-corrected chi connectivity index (χ3v) is 6.49. The molecular formula is C24H17F3N2O3S2. The van der Waals surface area contributed by atoms with Crippen molar-refractivity contribution in [3.05, 3.63) is 93.3 Å². The molecule has 0 aliphatic carbocycles. The molecule has 0 spiro atoms. The number of hydrogen-bond donors (Lipinski definition) is 1. The van der Waals surface area contributed by atoms with Gasteiger partial charge in [-0.05, 0) is 41.3 Å². The number of ether oxygens (including phenoxy) is 1. The molecule has 0 amide bonds. The number of benzene rings is 2. The minimum Gasteiger partial charge on any atom is -0.465 e. The number of nitrogens with one attached hydrogen (secondary N) is 1. The molecule has 2 aromatic carbocycles. The van der Waals surface area contributed by atoms with E-state index in [4.69, 9.17) is 4.74 Å². The number of methoxy groups -OCH3 is 1. The Morgan fingerprint density at radius 2 is 1.94 bits per heavy atom. The van der Waals surface area contributed by atoms with Crippen molar-refractivity contribution < 1.29 is 27.5 Å². The zero-order valence-electron chi connectivity index (χ0n) is 17.7. The van der Waals surface area contributed by atoms with Crippen LogP contribution in [0.5, 0.6) is 0 Å². The Labute approximate surface area is 201 Å². The van der Waals surface area contributed by atoms with Gasteiger partial charge in [-0.1, -0.05) is 24.3 Å². The second-order valence-electron chi connectivity index (χ2n) is 6.81. The van der Waals surface area contributed by atoms with Crippen molar-refractivity contribution in [2.45, 2.75) is 16.8 Å². The fourth-order valence-electron chi connectivity index (χ4n) is 2.86. The van der Waals surface area contributed by atoms with Crippen LogP contribution in [-0.2, 0) is 16.7 Å². The lowest BCUT2D eigenvalue weighted by atomic mass is 10.0. The van der Waals surface area contributed by atoms with Gasteiger partial charge in [0, 0.05) is 22.4 Å². The van der Waals surface area contributed by atoms with Crippen molar-refractivity contribution in [1.82, 2.24) is 0 Å². The van der Waals surface area contributed by atoms with Crippen LogP contribution in [0.3, 0.4) is 0 Å². The highest BCUT2D eigenvalue weighted by atomic mass is 32.2. The number of ketones is 1. The van der Waals surface area contributed by atoms with Crippen LogP contribution in [0, 0.1) is 11.3 Å². The molecule has 1 N–H and O–H groups in total. The Kier molecular flexibility index (Phi) is 8.15. The maximum atomic E-state index is 12.9. The highest BCUT2D eigenvalue weighted by Gasteiger charge is 2.30. The third kappa shape index (κ3) is 6.27. The number of anilines is 1. The van der Waals surface area contributed by atoms with Gasteiger partial charge in [-0.15, -0.1) is 23.1 Å². The van der Waals surface area contributed by atoms with Crippen LogP contribution >= 0.6 is 23.1 Å². The summed E-state index contributed by atoms with van der Waals surface area (Å²) in [5.41, 5.74) is 0.478. The number of nitrogens with zero attached hydrogens (tertiary/aromatic N) is 1. The Hall–Kier alpha value is -3.55. The van der Waals surface area contributed by atoms with Crippen LogP contribution in [0.25, 0.3) is 0 Å². The van der Waals surface area contributed by atoms with Gasteiger partial charge < -0.3 is 10.1 Å². The quantitative estimate of drug-likeness (QED) is 0.124. The van der Waals surface area contributed by atoms with Gasteiger partial charge in [-0.2, -0.15) is 18.4 Å². The van der Waals surface area contributed by atoms with Gasteiger partial charge in [0.05, 0.1) is 18.4 Å². The monoisotopic (exact) mass is 502 g/mol. The standard InChI is InChI=1S/C24H17F3N2O3S2/c1-32-23(31)22-20(8-9-33-22)29-13-17(12-28)21(30)16-5-2-4-15(10-16)14-34-19-7-3-6-18(11-19)24(25,26)27/h2-11,13,29H,14H2,1H3. The van der Waals surface area contributed by atoms with E-state index < -0.39 is 23.5 Å². The molecule has 0 fully saturated rings. The summed E-state index contributed by atoms with van der Waals surface area (Å²) >= 11 is 2.36. The number of esters is 1. The van der Waals surface area contributed by atoms with Crippen molar-refractivity contribution in [3.8, 4) is 6.07 Å². The van der Waals surface area contributed by atoms with Crippen LogP contribution in [0.2, 0.25) is 0 Å². The largest absolute Gasteiger partial charge is 0.465 e. The maximum absolute atomic E-state index is 12.9. The summed E-state index contributed by atoms with van der Waals surface area (Å²) in [6, 6.07) is 15.0. The van der Waals surface area contributed by atoms with Gasteiger partial charge in [0.2, 0.25) is 5.78 Å². The molecule has 1 heterocycles. The van der Waals surface area contributed by atoms with E-state index in [0.29, 0.717) is 26.8 Å². The molecule has 3 rings (SSSR count). The summed E-state index contributed by atoms with van der Waals surface area (Å²) in [6.45, 7) is 0. The molecule has 0 saturated heterocycles. The van der Waals surface area contributed by atoms with E-state index in [9.17, 15) is 28.0 Å². The number of nitriles is 1. The molecule has 10 heteroatoms. The molecule has 5 nitrogen and oxygen atoms in total. The molecule has 0 bridgehead atoms. The van der Waals surface area contributed by atoms with E-state index in [0.717, 1.165) is 23.5 Å². The molecule has 174 valence electrons. The highest BCUT2D eigenvalue weighted by Crippen LogP contribution is 2.33. The molecule has 1 aromatic heterocycles. The molecular weight excluding hydrogens is 485 g/mol. The summed E-state index contributed by atoms with van der Waals surface area (Å²) in [7, 11) is 1.25. The summed E-state index contributed by atoms with van der Waals surface area (Å²) in [5, 5.41) is 13.9. The average Bonchev–Trinajstić information content (AvgIpc) is 3.31. The van der Waals surface area contributed by atoms with E-state index in [-0.39, 0.29) is 11.1 Å². The minimum absolute atomic E-state index is 0.176. The van der Waals surface area contributed by atoms with Crippen molar-refractivity contribution in [2.75, 3.05) is 12.4 Å². The van der Waals surface area contributed by atoms with Gasteiger partial charge in [-0.3, -0.25) is 4.79 Å². The van der Waals surface area contributed by atoms with Crippen LogP contribution in [0.15, 0.2) is 76.6 Å². The van der Waals surface area contributed by atoms with Gasteiger partial charge in [0.1, 0.15) is 16.5 Å². The first-order valence-corrected chi connectivity index (χ1v) is 11.6. The van der Waals surface area contributed by atoms with Crippen LogP contribution < -0.4 is 5.32 Å². The topological polar surface area (TPSA) is 79.2 Å². The number of thiophene rings is 1. The third-order valence-electron chi connectivity index (χ3n) is 4.53. The van der Waals surface area contributed by atoms with E-state index in [1.54, 1.807) is 41.8 Å². The summed E-state index contributed by atoms with van der Waals surface area (Å²) in [5.74, 6) is -0.735. The smallest absolute Gasteiger partial charge is 0.416 e. The van der Waals surface area contributed by atoms with Crippen molar-refractivity contribution in [3.63, 3.8) is 0 Å². The number of carbonyl (C=O) groups is 2. The zero-order valence-corrected chi connectivity index (χ0v) is 19.3. The first-order chi connectivity index (χ1) is 16.2. The lowest BCUT2D eigenvalue weighted by Gasteiger charge is -2.09. The van der Waals surface area contributed by atoms with Crippen LogP contribution in [0.1, 0.15) is 31.2 Å². The van der Waals surface area contributed by atoms with E-state index in [2.05, 4.69) is 5.32 Å². The van der Waals surface area contributed by atoms with Gasteiger partial charge in [0.25, 0.3) is 0 Å². The number of Topliss-reactive ketones (excluding diaryl/α,β-unsaturated/α-hetero) is 1. The fourth-order valence-corrected chi connectivity index (χ4v) is 4.53. The number of alkyl halides is 3. The molecule has 0 saturated carbocycles. The summed E-state index contributed by atoms with van der Waals surface area (Å²) in [4.78, 5) is 25.4. The van der Waals surface area contributed by atoms with Gasteiger partial charge in [-0.25, -0.2) is 4.79 Å². The number of rotatable bonds is 8. The molecule has 0 unspecified atom stereocenters. The Morgan fingerprint density at radius 3 is 2.65 bits per heavy atom. The van der Waals surface area contributed by atoms with Crippen LogP contribution in [0.4, 0.5) is 18.9 Å². The second-order valence-corrected chi connectivity index (χ2v) is 8.78. The number of thioether (sulfide) groups is 1. The zero-order chi connectivity index (χ0) is 24.7. The predicted molar refractivity (Wildman–Crippen MR) is 125 cm³/mol. The van der Waals surface area contributed by atoms with Gasteiger partial charge in [0.15, 0.2) is 0 Å². The summed E-state index contributed by atoms with van der Waals surface area (Å²) < 4.78 is 43.4. The molecule has 0 atom stereocenters. The first kappa shape index (κ1) is 25.1. The fraction of sp³-hybridized carbons (Fsp3) is 0.125. The highest BCUT2D eigenvalue weighted by molar-refractivity contribution is 7.98. The summed E-state index contributed by atoms with van der Waals surface area (Å²) in [6.07, 6.45) is -3.20. The predicted octanol–water partition coefficient (Wildman–Crippen LogP) is 6.55. The van der Waals surface area contributed by atoms with E-state index >= 15 is 0 Å². The molecule has 3 aromatic rings. The van der Waals surface area contributed by atoms with E-state index in [1.807, 2.05) is 6.07 Å².